The third-order valence-corrected chi connectivity index (χ3v) is 10.6. The lowest BCUT2D eigenvalue weighted by molar-refractivity contribution is -0.0629. The molecule has 2 aromatic carbocycles. The summed E-state index contributed by atoms with van der Waals surface area (Å²) in [5.41, 5.74) is 3.09. The van der Waals surface area contributed by atoms with E-state index in [0.717, 1.165) is 65.1 Å². The van der Waals surface area contributed by atoms with E-state index in [1.165, 1.54) is 23.5 Å². The Balaban J connectivity index is 1.13. The lowest BCUT2D eigenvalue weighted by Crippen LogP contribution is -2.49. The van der Waals surface area contributed by atoms with Gasteiger partial charge in [0.2, 0.25) is 0 Å². The highest BCUT2D eigenvalue weighted by atomic mass is 32.1. The molecule has 198 valence electrons. The second-order valence-corrected chi connectivity index (χ2v) is 12.6. The molecule has 2 saturated carbocycles. The maximum absolute atomic E-state index is 15.0. The number of nitrogens with zero attached hydrogens (tertiary/aromatic N) is 3. The van der Waals surface area contributed by atoms with E-state index in [1.807, 2.05) is 10.6 Å². The third-order valence-electron chi connectivity index (χ3n) is 9.64. The van der Waals surface area contributed by atoms with Crippen molar-refractivity contribution in [2.75, 3.05) is 5.32 Å². The first-order valence-electron chi connectivity index (χ1n) is 13.8. The quantitative estimate of drug-likeness (QED) is 0.275. The third kappa shape index (κ3) is 3.87. The average molecular weight is 535 g/mol. The zero-order chi connectivity index (χ0) is 26.0. The number of hydrogen-bond donors (Lipinski definition) is 2. The van der Waals surface area contributed by atoms with Crippen LogP contribution >= 0.6 is 11.3 Å². The van der Waals surface area contributed by atoms with Gasteiger partial charge in [-0.25, -0.2) is 18.7 Å². The summed E-state index contributed by atoms with van der Waals surface area (Å²) in [5, 5.41) is 16.4. The van der Waals surface area contributed by atoms with Crippen molar-refractivity contribution in [2.45, 2.75) is 70.1 Å². The number of aliphatic hydroxyl groups excluding tert-OH is 1. The number of rotatable bonds is 6. The number of halogens is 2. The smallest absolute Gasteiger partial charge is 0.184 e. The molecule has 0 saturated heterocycles. The molecular formula is C30H32F2N4OS. The topological polar surface area (TPSA) is 63.0 Å². The molecule has 0 spiro atoms. The van der Waals surface area contributed by atoms with Crippen LogP contribution in [0.25, 0.3) is 21.5 Å². The second kappa shape index (κ2) is 9.12. The van der Waals surface area contributed by atoms with Crippen LogP contribution in [0.15, 0.2) is 48.9 Å². The number of fused-ring (bicyclic) bond motifs is 6. The monoisotopic (exact) mass is 534 g/mol. The Bertz CT molecular complexity index is 1500. The summed E-state index contributed by atoms with van der Waals surface area (Å²) in [6.45, 7) is 2.20. The molecule has 6 atom stereocenters. The highest BCUT2D eigenvalue weighted by molar-refractivity contribution is 7.22. The van der Waals surface area contributed by atoms with Gasteiger partial charge in [-0.3, -0.25) is 0 Å². The molecule has 2 fully saturated rings. The number of imidazole rings is 1. The van der Waals surface area contributed by atoms with E-state index in [-0.39, 0.29) is 29.1 Å². The Morgan fingerprint density at radius 1 is 1.21 bits per heavy atom. The number of hydrogen-bond acceptors (Lipinski definition) is 5. The van der Waals surface area contributed by atoms with Gasteiger partial charge in [-0.05, 0) is 86.5 Å². The van der Waals surface area contributed by atoms with Crippen molar-refractivity contribution in [1.29, 1.82) is 0 Å². The number of anilines is 1. The number of aromatic nitrogens is 3. The van der Waals surface area contributed by atoms with Crippen molar-refractivity contribution < 1.29 is 13.9 Å². The van der Waals surface area contributed by atoms with E-state index >= 15 is 4.39 Å². The van der Waals surface area contributed by atoms with E-state index < -0.39 is 6.10 Å². The molecule has 2 aliphatic carbocycles. The van der Waals surface area contributed by atoms with Crippen molar-refractivity contribution >= 4 is 26.7 Å². The van der Waals surface area contributed by atoms with Gasteiger partial charge < -0.3 is 15.0 Å². The number of aliphatic hydroxyl groups is 1. The molecular weight excluding hydrogens is 502 g/mol. The number of thiazole rings is 1. The molecule has 38 heavy (non-hydrogen) atoms. The lowest BCUT2D eigenvalue weighted by Gasteiger charge is -2.52. The van der Waals surface area contributed by atoms with E-state index in [0.29, 0.717) is 23.8 Å². The van der Waals surface area contributed by atoms with Gasteiger partial charge >= 0.3 is 0 Å². The zero-order valence-corrected chi connectivity index (χ0v) is 22.2. The van der Waals surface area contributed by atoms with Crippen LogP contribution < -0.4 is 5.32 Å². The van der Waals surface area contributed by atoms with Crippen LogP contribution in [0.5, 0.6) is 0 Å². The summed E-state index contributed by atoms with van der Waals surface area (Å²) in [5.74, 6) is 0.559. The molecule has 4 aromatic rings. The van der Waals surface area contributed by atoms with Crippen LogP contribution in [0.4, 0.5) is 13.9 Å². The average Bonchev–Trinajstić information content (AvgIpc) is 3.61. The Hall–Kier alpha value is -2.84. The molecule has 0 radical (unpaired) electrons. The van der Waals surface area contributed by atoms with Crippen LogP contribution in [-0.4, -0.2) is 31.8 Å². The van der Waals surface area contributed by atoms with Crippen molar-refractivity contribution in [2.24, 2.45) is 17.3 Å². The Kier molecular flexibility index (Phi) is 5.82. The summed E-state index contributed by atoms with van der Waals surface area (Å²) >= 11 is 1.50. The van der Waals surface area contributed by atoms with Gasteiger partial charge in [0.15, 0.2) is 5.13 Å². The summed E-state index contributed by atoms with van der Waals surface area (Å²) in [4.78, 5) is 9.03. The van der Waals surface area contributed by atoms with Crippen molar-refractivity contribution in [3.05, 3.63) is 66.1 Å². The SMILES string of the molecule is CCC1(C(O)CC2c3c(F)cccc3-c3cncn32)CC2CCC(Nc3nc4ccc(F)cc4s3)C(C2)C1. The van der Waals surface area contributed by atoms with Gasteiger partial charge in [-0.15, -0.1) is 0 Å². The fourth-order valence-corrected chi connectivity index (χ4v) is 8.70. The van der Waals surface area contributed by atoms with E-state index in [4.69, 9.17) is 4.98 Å². The van der Waals surface area contributed by atoms with Gasteiger partial charge in [0, 0.05) is 17.2 Å². The molecule has 2 aromatic heterocycles. The molecule has 6 unspecified atom stereocenters. The Labute approximate surface area is 224 Å². The van der Waals surface area contributed by atoms with Crippen LogP contribution in [0.2, 0.25) is 0 Å². The summed E-state index contributed by atoms with van der Waals surface area (Å²) in [6, 6.07) is 9.98. The molecule has 5 nitrogen and oxygen atoms in total. The van der Waals surface area contributed by atoms with Crippen LogP contribution in [0.1, 0.15) is 63.5 Å². The summed E-state index contributed by atoms with van der Waals surface area (Å²) in [7, 11) is 0. The Morgan fingerprint density at radius 2 is 2.11 bits per heavy atom. The number of benzene rings is 2. The number of nitrogens with one attached hydrogen (secondary N) is 1. The minimum atomic E-state index is -0.548. The van der Waals surface area contributed by atoms with Gasteiger partial charge in [0.1, 0.15) is 11.6 Å². The minimum absolute atomic E-state index is 0.209. The maximum atomic E-state index is 15.0. The first-order chi connectivity index (χ1) is 18.4. The molecule has 2 bridgehead atoms. The Morgan fingerprint density at radius 3 is 2.97 bits per heavy atom. The van der Waals surface area contributed by atoms with Gasteiger partial charge in [0.05, 0.1) is 40.6 Å². The molecule has 7 rings (SSSR count). The van der Waals surface area contributed by atoms with E-state index in [9.17, 15) is 9.50 Å². The molecule has 2 N–H and O–H groups in total. The maximum Gasteiger partial charge on any atom is 0.184 e. The standard InChI is InChI=1S/C30H32F2N4OS/c1-2-30(27(37)12-24-28-20(4-3-5-21(28)32)25-15-33-16-36(24)25)13-17-6-8-22(18(10-17)14-30)34-29-35-23-9-7-19(31)11-26(23)38-29/h3-5,7,9,11,15-18,22,24,27,37H,2,6,8,10,12-14H2,1H3,(H,34,35). The first-order valence-corrected chi connectivity index (χ1v) is 14.6. The lowest BCUT2D eigenvalue weighted by atomic mass is 9.56. The van der Waals surface area contributed by atoms with Gasteiger partial charge in [-0.1, -0.05) is 30.4 Å². The van der Waals surface area contributed by atoms with Gasteiger partial charge in [-0.2, -0.15) is 0 Å². The normalized spacial score (nSPS) is 28.7. The predicted octanol–water partition coefficient (Wildman–Crippen LogP) is 7.18. The zero-order valence-electron chi connectivity index (χ0n) is 21.4. The van der Waals surface area contributed by atoms with Crippen molar-refractivity contribution in [1.82, 2.24) is 14.5 Å². The molecule has 3 aliphatic rings. The van der Waals surface area contributed by atoms with E-state index in [2.05, 4.69) is 17.2 Å². The molecule has 1 aliphatic heterocycles. The van der Waals surface area contributed by atoms with Crippen molar-refractivity contribution in [3.63, 3.8) is 0 Å². The van der Waals surface area contributed by atoms with Crippen LogP contribution in [0.3, 0.4) is 0 Å². The molecule has 0 amide bonds. The predicted molar refractivity (Wildman–Crippen MR) is 146 cm³/mol. The van der Waals surface area contributed by atoms with Gasteiger partial charge in [0.25, 0.3) is 0 Å². The van der Waals surface area contributed by atoms with E-state index in [1.54, 1.807) is 30.7 Å². The fourth-order valence-electron chi connectivity index (χ4n) is 7.75. The first kappa shape index (κ1) is 24.2. The minimum Gasteiger partial charge on any atom is -0.392 e. The highest BCUT2D eigenvalue weighted by Gasteiger charge is 2.49. The second-order valence-electron chi connectivity index (χ2n) is 11.6. The summed E-state index contributed by atoms with van der Waals surface area (Å²) in [6.07, 6.45) is 9.68. The summed E-state index contributed by atoms with van der Waals surface area (Å²) < 4.78 is 31.6. The fraction of sp³-hybridized carbons (Fsp3) is 0.467. The van der Waals surface area contributed by atoms with Crippen molar-refractivity contribution in [3.8, 4) is 11.3 Å². The molecule has 8 heteroatoms. The van der Waals surface area contributed by atoms with Crippen LogP contribution in [-0.2, 0) is 0 Å². The molecule has 3 heterocycles. The highest BCUT2D eigenvalue weighted by Crippen LogP contribution is 2.55. The largest absolute Gasteiger partial charge is 0.392 e. The van der Waals surface area contributed by atoms with Crippen LogP contribution in [0, 0.1) is 28.9 Å².